The van der Waals surface area contributed by atoms with Gasteiger partial charge in [0.1, 0.15) is 5.01 Å². The monoisotopic (exact) mass is 344 g/mol. The van der Waals surface area contributed by atoms with E-state index in [1.807, 2.05) is 18.3 Å². The molecule has 0 atom stereocenters. The molecule has 4 nitrogen and oxygen atoms in total. The highest BCUT2D eigenvalue weighted by Gasteiger charge is 2.13. The van der Waals surface area contributed by atoms with E-state index in [9.17, 15) is 0 Å². The van der Waals surface area contributed by atoms with E-state index in [2.05, 4.69) is 34.7 Å². The maximum atomic E-state index is 5.40. The Labute approximate surface area is 142 Å². The number of nitrogens with zero attached hydrogens (tertiary/aromatic N) is 1. The summed E-state index contributed by atoms with van der Waals surface area (Å²) in [6.45, 7) is 4.01. The molecule has 2 aromatic heterocycles. The van der Waals surface area contributed by atoms with Gasteiger partial charge in [-0.25, -0.2) is 4.98 Å². The Balaban J connectivity index is 1.37. The maximum absolute atomic E-state index is 5.40. The molecule has 0 aliphatic carbocycles. The Kier molecular flexibility index (Phi) is 4.03. The van der Waals surface area contributed by atoms with Crippen LogP contribution in [0.15, 0.2) is 35.8 Å². The summed E-state index contributed by atoms with van der Waals surface area (Å²) in [6, 6.07) is 8.19. The summed E-state index contributed by atoms with van der Waals surface area (Å²) in [4.78, 5) is 7.09. The predicted octanol–water partition coefficient (Wildman–Crippen LogP) is 4.20. The van der Waals surface area contributed by atoms with Crippen molar-refractivity contribution in [3.8, 4) is 21.3 Å². The van der Waals surface area contributed by atoms with Gasteiger partial charge in [-0.3, -0.25) is 0 Å². The lowest BCUT2D eigenvalue weighted by atomic mass is 10.2. The number of nitrogens with one attached hydrogen (secondary N) is 1. The number of thiophene rings is 1. The van der Waals surface area contributed by atoms with Gasteiger partial charge in [-0.2, -0.15) is 0 Å². The molecule has 0 saturated carbocycles. The minimum Gasteiger partial charge on any atom is -0.454 e. The van der Waals surface area contributed by atoms with Crippen LogP contribution in [0.1, 0.15) is 16.1 Å². The molecule has 23 heavy (non-hydrogen) atoms. The van der Waals surface area contributed by atoms with Crippen LogP contribution in [-0.2, 0) is 13.1 Å². The standard InChI is InChI=1S/C17H16N2O2S2/c1-11-4-5-22-17(11)15-8-19-16(23-15)9-18-7-12-2-3-13-14(6-12)21-10-20-13/h2-6,8,18H,7,9-10H2,1H3. The lowest BCUT2D eigenvalue weighted by Gasteiger charge is -2.04. The van der Waals surface area contributed by atoms with Crippen LogP contribution in [-0.4, -0.2) is 11.8 Å². The molecule has 1 aromatic carbocycles. The third-order valence-electron chi connectivity index (χ3n) is 3.68. The first-order chi connectivity index (χ1) is 11.3. The first-order valence-electron chi connectivity index (χ1n) is 7.38. The average molecular weight is 344 g/mol. The number of hydrogen-bond donors (Lipinski definition) is 1. The number of fused-ring (bicyclic) bond motifs is 1. The molecule has 4 rings (SSSR count). The van der Waals surface area contributed by atoms with Gasteiger partial charge in [0.15, 0.2) is 11.5 Å². The number of ether oxygens (including phenoxy) is 2. The molecule has 0 bridgehead atoms. The quantitative estimate of drug-likeness (QED) is 0.753. The number of thiazole rings is 1. The van der Waals surface area contributed by atoms with Crippen LogP contribution in [0, 0.1) is 6.92 Å². The van der Waals surface area contributed by atoms with Crippen molar-refractivity contribution in [2.45, 2.75) is 20.0 Å². The van der Waals surface area contributed by atoms with Gasteiger partial charge in [-0.1, -0.05) is 6.07 Å². The Morgan fingerprint density at radius 1 is 1.17 bits per heavy atom. The minimum absolute atomic E-state index is 0.316. The molecule has 3 heterocycles. The Morgan fingerprint density at radius 3 is 2.96 bits per heavy atom. The molecule has 0 spiro atoms. The molecular formula is C17H16N2O2S2. The summed E-state index contributed by atoms with van der Waals surface area (Å²) in [6.07, 6.45) is 1.97. The lowest BCUT2D eigenvalue weighted by Crippen LogP contribution is -2.12. The number of hydrogen-bond acceptors (Lipinski definition) is 6. The van der Waals surface area contributed by atoms with E-state index in [0.29, 0.717) is 6.79 Å². The first-order valence-corrected chi connectivity index (χ1v) is 9.07. The predicted molar refractivity (Wildman–Crippen MR) is 93.3 cm³/mol. The first kappa shape index (κ1) is 14.7. The second-order valence-electron chi connectivity index (χ2n) is 5.34. The number of benzene rings is 1. The van der Waals surface area contributed by atoms with Crippen molar-refractivity contribution >= 4 is 22.7 Å². The number of aromatic nitrogens is 1. The van der Waals surface area contributed by atoms with Gasteiger partial charge in [0.2, 0.25) is 6.79 Å². The van der Waals surface area contributed by atoms with E-state index in [1.54, 1.807) is 22.7 Å². The molecule has 118 valence electrons. The molecular weight excluding hydrogens is 328 g/mol. The smallest absolute Gasteiger partial charge is 0.231 e. The van der Waals surface area contributed by atoms with Crippen molar-refractivity contribution in [3.05, 3.63) is 52.0 Å². The van der Waals surface area contributed by atoms with Crippen molar-refractivity contribution < 1.29 is 9.47 Å². The van der Waals surface area contributed by atoms with E-state index in [0.717, 1.165) is 29.6 Å². The largest absolute Gasteiger partial charge is 0.454 e. The third kappa shape index (κ3) is 3.10. The highest BCUT2D eigenvalue weighted by molar-refractivity contribution is 7.21. The fraction of sp³-hybridized carbons (Fsp3) is 0.235. The SMILES string of the molecule is Cc1ccsc1-c1cnc(CNCc2ccc3c(c2)OCO3)s1. The second kappa shape index (κ2) is 6.31. The molecule has 0 unspecified atom stereocenters. The lowest BCUT2D eigenvalue weighted by molar-refractivity contribution is 0.174. The van der Waals surface area contributed by atoms with Crippen molar-refractivity contribution in [1.82, 2.24) is 10.3 Å². The minimum atomic E-state index is 0.316. The van der Waals surface area contributed by atoms with Crippen molar-refractivity contribution in [2.75, 3.05) is 6.79 Å². The molecule has 0 saturated heterocycles. The summed E-state index contributed by atoms with van der Waals surface area (Å²) in [7, 11) is 0. The van der Waals surface area contributed by atoms with Gasteiger partial charge < -0.3 is 14.8 Å². The van der Waals surface area contributed by atoms with Crippen LogP contribution in [0.3, 0.4) is 0 Å². The van der Waals surface area contributed by atoms with Crippen LogP contribution < -0.4 is 14.8 Å². The van der Waals surface area contributed by atoms with E-state index < -0.39 is 0 Å². The molecule has 0 fully saturated rings. The van der Waals surface area contributed by atoms with Crippen LogP contribution in [0.4, 0.5) is 0 Å². The molecule has 1 aliphatic heterocycles. The van der Waals surface area contributed by atoms with Crippen molar-refractivity contribution in [1.29, 1.82) is 0 Å². The third-order valence-corrected chi connectivity index (χ3v) is 5.88. The van der Waals surface area contributed by atoms with Gasteiger partial charge in [0, 0.05) is 24.2 Å². The van der Waals surface area contributed by atoms with Gasteiger partial charge in [-0.05, 0) is 41.6 Å². The summed E-state index contributed by atoms with van der Waals surface area (Å²) >= 11 is 3.52. The Bertz CT molecular complexity index is 826. The highest BCUT2D eigenvalue weighted by atomic mass is 32.1. The van der Waals surface area contributed by atoms with Gasteiger partial charge in [-0.15, -0.1) is 22.7 Å². The molecule has 1 aliphatic rings. The maximum Gasteiger partial charge on any atom is 0.231 e. The van der Waals surface area contributed by atoms with Crippen LogP contribution in [0.2, 0.25) is 0 Å². The van der Waals surface area contributed by atoms with Crippen molar-refractivity contribution in [2.24, 2.45) is 0 Å². The fourth-order valence-electron chi connectivity index (χ4n) is 2.49. The molecule has 0 amide bonds. The van der Waals surface area contributed by atoms with E-state index >= 15 is 0 Å². The summed E-state index contributed by atoms with van der Waals surface area (Å²) in [5.74, 6) is 1.65. The van der Waals surface area contributed by atoms with Gasteiger partial charge >= 0.3 is 0 Å². The molecule has 6 heteroatoms. The van der Waals surface area contributed by atoms with Gasteiger partial charge in [0.25, 0.3) is 0 Å². The number of rotatable bonds is 5. The van der Waals surface area contributed by atoms with Crippen molar-refractivity contribution in [3.63, 3.8) is 0 Å². The summed E-state index contributed by atoms with van der Waals surface area (Å²) in [5, 5.41) is 6.67. The van der Waals surface area contributed by atoms with E-state index in [1.165, 1.54) is 20.9 Å². The molecule has 1 N–H and O–H groups in total. The van der Waals surface area contributed by atoms with Crippen LogP contribution >= 0.6 is 22.7 Å². The fourth-order valence-corrected chi connectivity index (χ4v) is 4.48. The zero-order valence-electron chi connectivity index (χ0n) is 12.7. The van der Waals surface area contributed by atoms with Crippen LogP contribution in [0.5, 0.6) is 11.5 Å². The molecule has 0 radical (unpaired) electrons. The zero-order valence-corrected chi connectivity index (χ0v) is 14.3. The highest BCUT2D eigenvalue weighted by Crippen LogP contribution is 2.34. The summed E-state index contributed by atoms with van der Waals surface area (Å²) < 4.78 is 10.7. The summed E-state index contributed by atoms with van der Waals surface area (Å²) in [5.41, 5.74) is 2.50. The Hall–Kier alpha value is -1.89. The Morgan fingerprint density at radius 2 is 2.09 bits per heavy atom. The van der Waals surface area contributed by atoms with E-state index in [4.69, 9.17) is 9.47 Å². The van der Waals surface area contributed by atoms with Gasteiger partial charge in [0.05, 0.1) is 4.88 Å². The van der Waals surface area contributed by atoms with E-state index in [-0.39, 0.29) is 0 Å². The molecule has 3 aromatic rings. The van der Waals surface area contributed by atoms with Crippen LogP contribution in [0.25, 0.3) is 9.75 Å². The second-order valence-corrected chi connectivity index (χ2v) is 7.37. The average Bonchev–Trinajstić information content (AvgIpc) is 3.27. The topological polar surface area (TPSA) is 43.4 Å². The normalized spacial score (nSPS) is 12.7. The zero-order chi connectivity index (χ0) is 15.6. The number of aryl methyl sites for hydroxylation is 1.